The fourth-order valence-electron chi connectivity index (χ4n) is 1.70. The van der Waals surface area contributed by atoms with Crippen LogP contribution in [0, 0.1) is 12.3 Å². The molecule has 0 saturated carbocycles. The Kier molecular flexibility index (Phi) is 5.25. The molecule has 0 aromatic heterocycles. The molecule has 0 heterocycles. The fraction of sp³-hybridized carbons (Fsp3) is 0.385. The quantitative estimate of drug-likeness (QED) is 0.624. The molecule has 0 radical (unpaired) electrons. The van der Waals surface area contributed by atoms with Crippen LogP contribution in [-0.2, 0) is 10.0 Å². The van der Waals surface area contributed by atoms with Gasteiger partial charge in [-0.05, 0) is 6.07 Å². The molecule has 0 amide bonds. The SMILES string of the molecule is C#CCN(CC)S(=O)(=O)c1cc(N)c(OC)cc1OC. The number of nitrogen functional groups attached to an aromatic ring is 1. The van der Waals surface area contributed by atoms with E-state index < -0.39 is 10.0 Å². The van der Waals surface area contributed by atoms with Gasteiger partial charge < -0.3 is 15.2 Å². The number of terminal acetylenes is 1. The summed E-state index contributed by atoms with van der Waals surface area (Å²) in [7, 11) is -0.956. The summed E-state index contributed by atoms with van der Waals surface area (Å²) in [5, 5.41) is 0. The number of nitrogens with zero attached hydrogens (tertiary/aromatic N) is 1. The lowest BCUT2D eigenvalue weighted by Gasteiger charge is -2.20. The summed E-state index contributed by atoms with van der Waals surface area (Å²) in [5.41, 5.74) is 5.98. The van der Waals surface area contributed by atoms with Crippen molar-refractivity contribution < 1.29 is 17.9 Å². The lowest BCUT2D eigenvalue weighted by atomic mass is 10.3. The highest BCUT2D eigenvalue weighted by atomic mass is 32.2. The average molecular weight is 298 g/mol. The highest BCUT2D eigenvalue weighted by Gasteiger charge is 2.27. The van der Waals surface area contributed by atoms with E-state index >= 15 is 0 Å². The minimum Gasteiger partial charge on any atom is -0.495 e. The molecule has 1 rings (SSSR count). The van der Waals surface area contributed by atoms with Gasteiger partial charge in [-0.3, -0.25) is 0 Å². The molecule has 110 valence electrons. The molecule has 1 aromatic carbocycles. The highest BCUT2D eigenvalue weighted by Crippen LogP contribution is 2.35. The lowest BCUT2D eigenvalue weighted by Crippen LogP contribution is -2.31. The van der Waals surface area contributed by atoms with Crippen molar-refractivity contribution in [1.82, 2.24) is 4.31 Å². The van der Waals surface area contributed by atoms with Gasteiger partial charge in [-0.15, -0.1) is 6.42 Å². The van der Waals surface area contributed by atoms with E-state index in [0.29, 0.717) is 5.75 Å². The number of rotatable bonds is 6. The van der Waals surface area contributed by atoms with E-state index in [4.69, 9.17) is 21.6 Å². The molecule has 0 aliphatic carbocycles. The molecule has 0 aliphatic rings. The molecular weight excluding hydrogens is 280 g/mol. The Hall–Kier alpha value is -1.91. The summed E-state index contributed by atoms with van der Waals surface area (Å²) >= 11 is 0. The van der Waals surface area contributed by atoms with Gasteiger partial charge in [-0.2, -0.15) is 4.31 Å². The molecule has 0 unspecified atom stereocenters. The van der Waals surface area contributed by atoms with Crippen LogP contribution in [0.4, 0.5) is 5.69 Å². The molecule has 0 saturated heterocycles. The van der Waals surface area contributed by atoms with Crippen molar-refractivity contribution >= 4 is 15.7 Å². The minimum atomic E-state index is -3.77. The monoisotopic (exact) mass is 298 g/mol. The predicted molar refractivity (Wildman–Crippen MR) is 77.2 cm³/mol. The summed E-state index contributed by atoms with van der Waals surface area (Å²) in [6.07, 6.45) is 5.19. The summed E-state index contributed by atoms with van der Waals surface area (Å²) in [6, 6.07) is 2.75. The molecule has 0 bridgehead atoms. The Labute approximate surface area is 119 Å². The maximum atomic E-state index is 12.5. The number of benzene rings is 1. The number of anilines is 1. The third-order valence-corrected chi connectivity index (χ3v) is 4.70. The van der Waals surface area contributed by atoms with Crippen molar-refractivity contribution in [3.8, 4) is 23.8 Å². The zero-order chi connectivity index (χ0) is 15.3. The first kappa shape index (κ1) is 16.1. The smallest absolute Gasteiger partial charge is 0.247 e. The van der Waals surface area contributed by atoms with Crippen LogP contribution in [0.1, 0.15) is 6.92 Å². The van der Waals surface area contributed by atoms with Crippen LogP contribution in [0.15, 0.2) is 17.0 Å². The van der Waals surface area contributed by atoms with E-state index in [1.54, 1.807) is 6.92 Å². The molecule has 0 atom stereocenters. The second-order valence-corrected chi connectivity index (χ2v) is 5.79. The third-order valence-electron chi connectivity index (χ3n) is 2.75. The molecule has 7 heteroatoms. The predicted octanol–water partition coefficient (Wildman–Crippen LogP) is 0.930. The zero-order valence-corrected chi connectivity index (χ0v) is 12.5. The maximum absolute atomic E-state index is 12.5. The molecule has 6 nitrogen and oxygen atoms in total. The Morgan fingerprint density at radius 3 is 2.35 bits per heavy atom. The van der Waals surface area contributed by atoms with Crippen LogP contribution in [-0.4, -0.2) is 40.0 Å². The normalized spacial score (nSPS) is 11.2. The largest absolute Gasteiger partial charge is 0.495 e. The van der Waals surface area contributed by atoms with Crippen LogP contribution in [0.5, 0.6) is 11.5 Å². The van der Waals surface area contributed by atoms with Crippen molar-refractivity contribution in [2.24, 2.45) is 0 Å². The second kappa shape index (κ2) is 6.50. The van der Waals surface area contributed by atoms with E-state index in [2.05, 4.69) is 5.92 Å². The average Bonchev–Trinajstić information content (AvgIpc) is 2.44. The van der Waals surface area contributed by atoms with Crippen LogP contribution < -0.4 is 15.2 Å². The molecule has 20 heavy (non-hydrogen) atoms. The second-order valence-electron chi connectivity index (χ2n) is 3.88. The molecule has 2 N–H and O–H groups in total. The summed E-state index contributed by atoms with van der Waals surface area (Å²) < 4.78 is 36.4. The van der Waals surface area contributed by atoms with Crippen molar-refractivity contribution in [1.29, 1.82) is 0 Å². The Morgan fingerprint density at radius 1 is 1.30 bits per heavy atom. The van der Waals surface area contributed by atoms with Gasteiger partial charge >= 0.3 is 0 Å². The van der Waals surface area contributed by atoms with Gasteiger partial charge in [0.1, 0.15) is 16.4 Å². The molecule has 1 aromatic rings. The van der Waals surface area contributed by atoms with Crippen LogP contribution >= 0.6 is 0 Å². The molecular formula is C13H18N2O4S. The Balaban J connectivity index is 3.45. The first-order valence-electron chi connectivity index (χ1n) is 5.87. The number of sulfonamides is 1. The number of nitrogens with two attached hydrogens (primary N) is 1. The van der Waals surface area contributed by atoms with Crippen molar-refractivity contribution in [3.05, 3.63) is 12.1 Å². The van der Waals surface area contributed by atoms with Gasteiger partial charge in [0.2, 0.25) is 10.0 Å². The Bertz CT molecular complexity index is 620. The van der Waals surface area contributed by atoms with Crippen LogP contribution in [0.2, 0.25) is 0 Å². The lowest BCUT2D eigenvalue weighted by molar-refractivity contribution is 0.384. The number of methoxy groups -OCH3 is 2. The third kappa shape index (κ3) is 2.98. The summed E-state index contributed by atoms with van der Waals surface area (Å²) in [4.78, 5) is -0.0320. The zero-order valence-electron chi connectivity index (χ0n) is 11.7. The van der Waals surface area contributed by atoms with E-state index in [0.717, 1.165) is 4.31 Å². The number of hydrogen-bond acceptors (Lipinski definition) is 5. The molecule has 0 spiro atoms. The van der Waals surface area contributed by atoms with Crippen molar-refractivity contribution in [2.75, 3.05) is 33.0 Å². The van der Waals surface area contributed by atoms with Gasteiger partial charge in [0.15, 0.2) is 0 Å². The van der Waals surface area contributed by atoms with E-state index in [9.17, 15) is 8.42 Å². The topological polar surface area (TPSA) is 81.9 Å². The van der Waals surface area contributed by atoms with Gasteiger partial charge in [-0.1, -0.05) is 12.8 Å². The highest BCUT2D eigenvalue weighted by molar-refractivity contribution is 7.89. The van der Waals surface area contributed by atoms with E-state index in [1.165, 1.54) is 26.4 Å². The standard InChI is InChI=1S/C13H18N2O4S/c1-5-7-15(6-2)20(16,17)13-8-10(14)11(18-3)9-12(13)19-4/h1,8-9H,6-7,14H2,2-4H3. The van der Waals surface area contributed by atoms with Gasteiger partial charge in [-0.25, -0.2) is 8.42 Å². The van der Waals surface area contributed by atoms with Gasteiger partial charge in [0, 0.05) is 12.6 Å². The number of ether oxygens (including phenoxy) is 2. The summed E-state index contributed by atoms with van der Waals surface area (Å²) in [5.74, 6) is 2.83. The first-order chi connectivity index (χ1) is 9.42. The number of hydrogen-bond donors (Lipinski definition) is 1. The molecule has 0 fully saturated rings. The fourth-order valence-corrected chi connectivity index (χ4v) is 3.24. The first-order valence-corrected chi connectivity index (χ1v) is 7.31. The maximum Gasteiger partial charge on any atom is 0.247 e. The van der Waals surface area contributed by atoms with E-state index in [-0.39, 0.29) is 29.4 Å². The van der Waals surface area contributed by atoms with Crippen LogP contribution in [0.3, 0.4) is 0 Å². The van der Waals surface area contributed by atoms with Gasteiger partial charge in [0.05, 0.1) is 26.5 Å². The van der Waals surface area contributed by atoms with E-state index in [1.807, 2.05) is 0 Å². The molecule has 0 aliphatic heterocycles. The van der Waals surface area contributed by atoms with Gasteiger partial charge in [0.25, 0.3) is 0 Å². The Morgan fingerprint density at radius 2 is 1.90 bits per heavy atom. The van der Waals surface area contributed by atoms with Crippen LogP contribution in [0.25, 0.3) is 0 Å². The summed E-state index contributed by atoms with van der Waals surface area (Å²) in [6.45, 7) is 1.93. The van der Waals surface area contributed by atoms with Crippen molar-refractivity contribution in [3.63, 3.8) is 0 Å². The van der Waals surface area contributed by atoms with Crippen molar-refractivity contribution in [2.45, 2.75) is 11.8 Å². The minimum absolute atomic E-state index is 0.0199.